The molecule has 0 spiro atoms. The van der Waals surface area contributed by atoms with E-state index in [9.17, 15) is 13.2 Å². The quantitative estimate of drug-likeness (QED) is 0.726. The molecule has 2 fully saturated rings. The third-order valence-corrected chi connectivity index (χ3v) is 6.59. The summed E-state index contributed by atoms with van der Waals surface area (Å²) in [5.41, 5.74) is 1.74. The van der Waals surface area contributed by atoms with Crippen LogP contribution in [0.5, 0.6) is 0 Å². The molecule has 1 amide bonds. The Morgan fingerprint density at radius 2 is 1.59 bits per heavy atom. The number of carbonyl (C=O) groups is 1. The van der Waals surface area contributed by atoms with Crippen LogP contribution in [0.15, 0.2) is 24.3 Å². The van der Waals surface area contributed by atoms with Crippen molar-refractivity contribution in [2.75, 3.05) is 68.3 Å². The molecule has 0 bridgehead atoms. The number of nitrogens with zero attached hydrogens (tertiary/aromatic N) is 4. The van der Waals surface area contributed by atoms with Gasteiger partial charge in [0.1, 0.15) is 0 Å². The number of rotatable bonds is 6. The molecule has 1 aromatic rings. The van der Waals surface area contributed by atoms with Crippen molar-refractivity contribution in [1.29, 1.82) is 0 Å². The number of likely N-dealkylation sites (N-methyl/N-ethyl adjacent to an activating group) is 1. The Labute approximate surface area is 162 Å². The lowest BCUT2D eigenvalue weighted by Crippen LogP contribution is -2.48. The minimum Gasteiger partial charge on any atom is -0.372 e. The summed E-state index contributed by atoms with van der Waals surface area (Å²) in [5.74, 6) is 0.0189. The van der Waals surface area contributed by atoms with Crippen molar-refractivity contribution in [3.05, 3.63) is 24.3 Å². The van der Waals surface area contributed by atoms with Crippen LogP contribution < -0.4 is 9.21 Å². The van der Waals surface area contributed by atoms with Crippen LogP contribution in [0.25, 0.3) is 0 Å². The third kappa shape index (κ3) is 5.13. The summed E-state index contributed by atoms with van der Waals surface area (Å²) in [4.78, 5) is 18.8. The summed E-state index contributed by atoms with van der Waals surface area (Å²) in [6.45, 7) is 5.41. The van der Waals surface area contributed by atoms with Gasteiger partial charge in [0.25, 0.3) is 0 Å². The molecule has 2 aliphatic heterocycles. The van der Waals surface area contributed by atoms with Gasteiger partial charge in [-0.15, -0.1) is 0 Å². The van der Waals surface area contributed by atoms with Crippen LogP contribution in [0, 0.1) is 0 Å². The van der Waals surface area contributed by atoms with E-state index in [1.807, 2.05) is 36.2 Å². The average molecular weight is 395 g/mol. The fourth-order valence-corrected chi connectivity index (χ4v) is 4.63. The minimum atomic E-state index is -3.44. The molecule has 1 aromatic carbocycles. The lowest BCUT2D eigenvalue weighted by molar-refractivity contribution is -0.132. The maximum absolute atomic E-state index is 12.5. The predicted octanol–water partition coefficient (Wildman–Crippen LogP) is 1.22. The van der Waals surface area contributed by atoms with E-state index in [0.717, 1.165) is 31.9 Å². The largest absolute Gasteiger partial charge is 0.372 e. The highest BCUT2D eigenvalue weighted by Crippen LogP contribution is 2.25. The van der Waals surface area contributed by atoms with E-state index in [0.29, 0.717) is 18.8 Å². The molecule has 8 heteroatoms. The number of hydrogen-bond acceptors (Lipinski definition) is 5. The summed E-state index contributed by atoms with van der Waals surface area (Å²) < 4.78 is 25.9. The van der Waals surface area contributed by atoms with E-state index in [1.165, 1.54) is 23.4 Å². The minimum absolute atomic E-state index is 0.0189. The second kappa shape index (κ2) is 8.48. The molecule has 2 heterocycles. The molecule has 27 heavy (non-hydrogen) atoms. The zero-order valence-corrected chi connectivity index (χ0v) is 17.1. The molecule has 0 aliphatic carbocycles. The van der Waals surface area contributed by atoms with Crippen LogP contribution >= 0.6 is 0 Å². The molecular weight excluding hydrogens is 364 g/mol. The third-order valence-electron chi connectivity index (χ3n) is 5.39. The van der Waals surface area contributed by atoms with E-state index in [2.05, 4.69) is 9.80 Å². The molecule has 2 aliphatic rings. The SMILES string of the molecule is CN1CCN(C(=O)CCN(c2ccc(N3CCCC3)cc2)S(C)(=O)=O)CC1. The van der Waals surface area contributed by atoms with Crippen molar-refractivity contribution < 1.29 is 13.2 Å². The number of benzene rings is 1. The summed E-state index contributed by atoms with van der Waals surface area (Å²) in [5, 5.41) is 0. The summed E-state index contributed by atoms with van der Waals surface area (Å²) >= 11 is 0. The molecule has 2 saturated heterocycles. The van der Waals surface area contributed by atoms with Crippen molar-refractivity contribution in [2.24, 2.45) is 0 Å². The molecule has 0 saturated carbocycles. The fourth-order valence-electron chi connectivity index (χ4n) is 3.70. The Kier molecular flexibility index (Phi) is 6.26. The Bertz CT molecular complexity index is 737. The second-order valence-corrected chi connectivity index (χ2v) is 9.39. The molecule has 0 atom stereocenters. The molecule has 150 valence electrons. The Balaban J connectivity index is 1.64. The monoisotopic (exact) mass is 394 g/mol. The van der Waals surface area contributed by atoms with Crippen LogP contribution in [0.2, 0.25) is 0 Å². The number of amides is 1. The molecular formula is C19H30N4O3S. The van der Waals surface area contributed by atoms with Crippen LogP contribution in [-0.4, -0.2) is 83.2 Å². The van der Waals surface area contributed by atoms with E-state index in [-0.39, 0.29) is 18.9 Å². The highest BCUT2D eigenvalue weighted by molar-refractivity contribution is 7.92. The first kappa shape index (κ1) is 19.9. The number of sulfonamides is 1. The van der Waals surface area contributed by atoms with Crippen molar-refractivity contribution in [3.8, 4) is 0 Å². The first-order valence-corrected chi connectivity index (χ1v) is 11.5. The zero-order chi connectivity index (χ0) is 19.4. The second-order valence-electron chi connectivity index (χ2n) is 7.48. The van der Waals surface area contributed by atoms with Gasteiger partial charge in [0, 0.05) is 57.9 Å². The first-order chi connectivity index (χ1) is 12.8. The normalized spacial score (nSPS) is 18.7. The number of hydrogen-bond donors (Lipinski definition) is 0. The number of piperazine rings is 1. The van der Waals surface area contributed by atoms with Gasteiger partial charge in [0.2, 0.25) is 15.9 Å². The summed E-state index contributed by atoms with van der Waals surface area (Å²) in [6.07, 6.45) is 3.80. The van der Waals surface area contributed by atoms with Gasteiger partial charge in [0.15, 0.2) is 0 Å². The summed E-state index contributed by atoms with van der Waals surface area (Å²) in [6, 6.07) is 7.63. The van der Waals surface area contributed by atoms with Gasteiger partial charge in [-0.25, -0.2) is 8.42 Å². The topological polar surface area (TPSA) is 64.2 Å². The van der Waals surface area contributed by atoms with Crippen LogP contribution in [-0.2, 0) is 14.8 Å². The van der Waals surface area contributed by atoms with Gasteiger partial charge >= 0.3 is 0 Å². The Hall–Kier alpha value is -1.80. The van der Waals surface area contributed by atoms with Gasteiger partial charge in [0.05, 0.1) is 11.9 Å². The van der Waals surface area contributed by atoms with Gasteiger partial charge in [-0.3, -0.25) is 9.10 Å². The smallest absolute Gasteiger partial charge is 0.232 e. The molecule has 0 N–H and O–H groups in total. The predicted molar refractivity (Wildman–Crippen MR) is 109 cm³/mol. The molecule has 0 radical (unpaired) electrons. The van der Waals surface area contributed by atoms with Crippen molar-refractivity contribution in [1.82, 2.24) is 9.80 Å². The van der Waals surface area contributed by atoms with Crippen molar-refractivity contribution >= 4 is 27.3 Å². The van der Waals surface area contributed by atoms with Gasteiger partial charge < -0.3 is 14.7 Å². The average Bonchev–Trinajstić information content (AvgIpc) is 3.16. The van der Waals surface area contributed by atoms with Crippen molar-refractivity contribution in [3.63, 3.8) is 0 Å². The highest BCUT2D eigenvalue weighted by Gasteiger charge is 2.23. The first-order valence-electron chi connectivity index (χ1n) is 9.63. The maximum atomic E-state index is 12.5. The molecule has 3 rings (SSSR count). The number of carbonyl (C=O) groups excluding carboxylic acids is 1. The van der Waals surface area contributed by atoms with Gasteiger partial charge in [-0.2, -0.15) is 0 Å². The zero-order valence-electron chi connectivity index (χ0n) is 16.3. The van der Waals surface area contributed by atoms with Crippen LogP contribution in [0.3, 0.4) is 0 Å². The molecule has 7 nitrogen and oxygen atoms in total. The van der Waals surface area contributed by atoms with E-state index >= 15 is 0 Å². The van der Waals surface area contributed by atoms with Crippen molar-refractivity contribution in [2.45, 2.75) is 19.3 Å². The maximum Gasteiger partial charge on any atom is 0.232 e. The fraction of sp³-hybridized carbons (Fsp3) is 0.632. The lowest BCUT2D eigenvalue weighted by atomic mass is 10.2. The summed E-state index contributed by atoms with van der Waals surface area (Å²) in [7, 11) is -1.40. The number of anilines is 2. The highest BCUT2D eigenvalue weighted by atomic mass is 32.2. The van der Waals surface area contributed by atoms with Gasteiger partial charge in [-0.05, 0) is 44.2 Å². The van der Waals surface area contributed by atoms with E-state index in [4.69, 9.17) is 0 Å². The van der Waals surface area contributed by atoms with E-state index in [1.54, 1.807) is 0 Å². The standard InChI is InChI=1S/C19H30N4O3S/c1-20-13-15-22(16-14-20)19(24)9-12-23(27(2,25)26)18-7-5-17(6-8-18)21-10-3-4-11-21/h5-8H,3-4,9-16H2,1-2H3. The molecule has 0 aromatic heterocycles. The van der Waals surface area contributed by atoms with Crippen LogP contribution in [0.4, 0.5) is 11.4 Å². The van der Waals surface area contributed by atoms with E-state index < -0.39 is 10.0 Å². The van der Waals surface area contributed by atoms with Crippen LogP contribution in [0.1, 0.15) is 19.3 Å². The Morgan fingerprint density at radius 3 is 2.15 bits per heavy atom. The van der Waals surface area contributed by atoms with Gasteiger partial charge in [-0.1, -0.05) is 0 Å². The Morgan fingerprint density at radius 1 is 1.00 bits per heavy atom. The lowest BCUT2D eigenvalue weighted by Gasteiger charge is -2.33. The molecule has 0 unspecified atom stereocenters.